The van der Waals surface area contributed by atoms with Gasteiger partial charge in [0.2, 0.25) is 11.8 Å². The van der Waals surface area contributed by atoms with E-state index in [0.29, 0.717) is 44.7 Å². The lowest BCUT2D eigenvalue weighted by molar-refractivity contribution is 0.474. The first kappa shape index (κ1) is 16.0. The summed E-state index contributed by atoms with van der Waals surface area (Å²) < 4.78 is 11.5. The summed E-state index contributed by atoms with van der Waals surface area (Å²) in [7, 11) is 0. The number of oxazole rings is 2. The summed E-state index contributed by atoms with van der Waals surface area (Å²) in [5.74, 6) is 0.483. The molecule has 2 heterocycles. The SMILES string of the molecule is Nc1ccc(-c2nc3cc4nc(-c5ccc(N)cc5O)oc4cc3o2)c(O)c1. The molecule has 8 heteroatoms. The minimum atomic E-state index is -0.0190. The van der Waals surface area contributed by atoms with Gasteiger partial charge in [0.05, 0.1) is 11.1 Å². The molecule has 0 spiro atoms. The molecule has 5 rings (SSSR count). The average molecular weight is 374 g/mol. The molecule has 138 valence electrons. The van der Waals surface area contributed by atoms with E-state index in [1.807, 2.05) is 0 Å². The first-order valence-electron chi connectivity index (χ1n) is 8.37. The Morgan fingerprint density at radius 1 is 0.643 bits per heavy atom. The fourth-order valence-electron chi connectivity index (χ4n) is 3.04. The van der Waals surface area contributed by atoms with Crippen molar-refractivity contribution in [2.24, 2.45) is 0 Å². The van der Waals surface area contributed by atoms with E-state index in [1.165, 1.54) is 12.1 Å². The van der Waals surface area contributed by atoms with Crippen molar-refractivity contribution < 1.29 is 19.0 Å². The second-order valence-electron chi connectivity index (χ2n) is 6.38. The molecule has 5 aromatic rings. The van der Waals surface area contributed by atoms with Crippen LogP contribution in [-0.2, 0) is 0 Å². The maximum absolute atomic E-state index is 10.1. The maximum Gasteiger partial charge on any atom is 0.231 e. The van der Waals surface area contributed by atoms with Crippen molar-refractivity contribution in [3.8, 4) is 34.4 Å². The van der Waals surface area contributed by atoms with Crippen LogP contribution in [0, 0.1) is 0 Å². The quantitative estimate of drug-likeness (QED) is 0.341. The van der Waals surface area contributed by atoms with Gasteiger partial charge in [0.25, 0.3) is 0 Å². The number of nitrogens with zero attached hydrogens (tertiary/aromatic N) is 2. The van der Waals surface area contributed by atoms with E-state index in [4.69, 9.17) is 20.3 Å². The van der Waals surface area contributed by atoms with E-state index in [0.717, 1.165) is 0 Å². The van der Waals surface area contributed by atoms with Crippen molar-refractivity contribution in [1.82, 2.24) is 9.97 Å². The lowest BCUT2D eigenvalue weighted by atomic mass is 10.2. The zero-order chi connectivity index (χ0) is 19.4. The maximum atomic E-state index is 10.1. The zero-order valence-electron chi connectivity index (χ0n) is 14.4. The highest BCUT2D eigenvalue weighted by Crippen LogP contribution is 2.36. The lowest BCUT2D eigenvalue weighted by Crippen LogP contribution is -1.85. The number of anilines is 2. The molecule has 0 fully saturated rings. The molecule has 0 amide bonds. The van der Waals surface area contributed by atoms with Crippen molar-refractivity contribution in [2.75, 3.05) is 11.5 Å². The Hall–Kier alpha value is -4.20. The summed E-state index contributed by atoms with van der Waals surface area (Å²) in [5.41, 5.74) is 15.1. The van der Waals surface area contributed by atoms with Crippen molar-refractivity contribution >= 4 is 33.6 Å². The third-order valence-corrected chi connectivity index (χ3v) is 4.40. The van der Waals surface area contributed by atoms with Gasteiger partial charge in [-0.25, -0.2) is 9.97 Å². The van der Waals surface area contributed by atoms with Crippen LogP contribution in [0.4, 0.5) is 11.4 Å². The van der Waals surface area contributed by atoms with Gasteiger partial charge in [-0.2, -0.15) is 0 Å². The van der Waals surface area contributed by atoms with E-state index >= 15 is 0 Å². The molecule has 0 aliphatic carbocycles. The Kier molecular flexibility index (Phi) is 3.23. The molecule has 3 aromatic carbocycles. The van der Waals surface area contributed by atoms with Crippen LogP contribution in [-0.4, -0.2) is 20.2 Å². The predicted molar refractivity (Wildman–Crippen MR) is 105 cm³/mol. The van der Waals surface area contributed by atoms with Crippen molar-refractivity contribution in [1.29, 1.82) is 0 Å². The predicted octanol–water partition coefficient (Wildman–Crippen LogP) is 3.88. The van der Waals surface area contributed by atoms with E-state index in [1.54, 1.807) is 36.4 Å². The molecule has 0 aliphatic rings. The van der Waals surface area contributed by atoms with Gasteiger partial charge >= 0.3 is 0 Å². The first-order valence-corrected chi connectivity index (χ1v) is 8.37. The number of hydrogen-bond acceptors (Lipinski definition) is 8. The summed E-state index contributed by atoms with van der Waals surface area (Å²) >= 11 is 0. The molecule has 8 nitrogen and oxygen atoms in total. The van der Waals surface area contributed by atoms with E-state index in [-0.39, 0.29) is 23.3 Å². The third kappa shape index (κ3) is 2.47. The number of benzene rings is 3. The molecular weight excluding hydrogens is 360 g/mol. The van der Waals surface area contributed by atoms with Gasteiger partial charge in [-0.15, -0.1) is 0 Å². The summed E-state index contributed by atoms with van der Waals surface area (Å²) in [6, 6.07) is 12.8. The number of nitrogen functional groups attached to an aromatic ring is 2. The van der Waals surface area contributed by atoms with Crippen LogP contribution in [0.1, 0.15) is 0 Å². The molecular formula is C20H14N4O4. The molecule has 0 aliphatic heterocycles. The summed E-state index contributed by atoms with van der Waals surface area (Å²) in [6.07, 6.45) is 0. The Balaban J connectivity index is 1.62. The number of aromatic nitrogens is 2. The van der Waals surface area contributed by atoms with Crippen LogP contribution in [0.2, 0.25) is 0 Å². The van der Waals surface area contributed by atoms with Gasteiger partial charge in [-0.1, -0.05) is 0 Å². The monoisotopic (exact) mass is 374 g/mol. The first-order chi connectivity index (χ1) is 13.5. The second kappa shape index (κ2) is 5.65. The third-order valence-electron chi connectivity index (χ3n) is 4.40. The van der Waals surface area contributed by atoms with Gasteiger partial charge < -0.3 is 30.5 Å². The van der Waals surface area contributed by atoms with Crippen LogP contribution in [0.25, 0.3) is 45.1 Å². The van der Waals surface area contributed by atoms with Crippen molar-refractivity contribution in [3.05, 3.63) is 48.5 Å². The smallest absolute Gasteiger partial charge is 0.231 e. The highest BCUT2D eigenvalue weighted by molar-refractivity contribution is 5.91. The van der Waals surface area contributed by atoms with E-state index in [2.05, 4.69) is 9.97 Å². The van der Waals surface area contributed by atoms with Gasteiger partial charge in [0, 0.05) is 29.6 Å². The van der Waals surface area contributed by atoms with E-state index < -0.39 is 0 Å². The number of fused-ring (bicyclic) bond motifs is 2. The highest BCUT2D eigenvalue weighted by atomic mass is 16.4. The number of rotatable bonds is 2. The van der Waals surface area contributed by atoms with Gasteiger partial charge in [-0.05, 0) is 30.3 Å². The van der Waals surface area contributed by atoms with Crippen LogP contribution in [0.5, 0.6) is 11.5 Å². The molecule has 6 N–H and O–H groups in total. The summed E-state index contributed by atoms with van der Waals surface area (Å²) in [5, 5.41) is 20.2. The Labute approximate surface area is 157 Å². The molecule has 0 saturated carbocycles. The number of nitrogens with two attached hydrogens (primary N) is 2. The fraction of sp³-hybridized carbons (Fsp3) is 0. The van der Waals surface area contributed by atoms with Crippen LogP contribution < -0.4 is 11.5 Å². The normalized spacial score (nSPS) is 11.4. The highest BCUT2D eigenvalue weighted by Gasteiger charge is 2.17. The van der Waals surface area contributed by atoms with Gasteiger partial charge in [0.1, 0.15) is 22.5 Å². The van der Waals surface area contributed by atoms with Crippen molar-refractivity contribution in [3.63, 3.8) is 0 Å². The Morgan fingerprint density at radius 3 is 1.54 bits per heavy atom. The van der Waals surface area contributed by atoms with Crippen LogP contribution >= 0.6 is 0 Å². The topological polar surface area (TPSA) is 145 Å². The molecule has 28 heavy (non-hydrogen) atoms. The standard InChI is InChI=1S/C20H14N4O4/c21-9-1-3-11(15(25)5-9)19-23-13-7-14-18(8-17(13)27-19)28-20(24-14)12-4-2-10(22)6-16(12)26/h1-8,25-26H,21-22H2. The van der Waals surface area contributed by atoms with Gasteiger partial charge in [-0.3, -0.25) is 0 Å². The number of aromatic hydroxyl groups is 2. The molecule has 0 unspecified atom stereocenters. The molecule has 0 saturated heterocycles. The van der Waals surface area contributed by atoms with Crippen LogP contribution in [0.3, 0.4) is 0 Å². The molecule has 0 atom stereocenters. The van der Waals surface area contributed by atoms with Crippen LogP contribution in [0.15, 0.2) is 57.4 Å². The Bertz CT molecular complexity index is 1220. The summed E-state index contributed by atoms with van der Waals surface area (Å²) in [4.78, 5) is 8.84. The minimum absolute atomic E-state index is 0.0190. The van der Waals surface area contributed by atoms with Gasteiger partial charge in [0.15, 0.2) is 11.2 Å². The average Bonchev–Trinajstić information content (AvgIpc) is 3.22. The largest absolute Gasteiger partial charge is 0.507 e. The van der Waals surface area contributed by atoms with E-state index in [9.17, 15) is 10.2 Å². The molecule has 0 bridgehead atoms. The summed E-state index contributed by atoms with van der Waals surface area (Å²) in [6.45, 7) is 0. The fourth-order valence-corrected chi connectivity index (χ4v) is 3.04. The Morgan fingerprint density at radius 2 is 1.11 bits per heavy atom. The number of phenolic OH excluding ortho intramolecular Hbond substituents is 2. The van der Waals surface area contributed by atoms with Crippen molar-refractivity contribution in [2.45, 2.75) is 0 Å². The second-order valence-corrected chi connectivity index (χ2v) is 6.38. The minimum Gasteiger partial charge on any atom is -0.507 e. The zero-order valence-corrected chi connectivity index (χ0v) is 14.4. The number of hydrogen-bond donors (Lipinski definition) is 4. The molecule has 0 radical (unpaired) electrons. The number of phenols is 2. The lowest BCUT2D eigenvalue weighted by Gasteiger charge is -2.00. The molecule has 2 aromatic heterocycles.